The van der Waals surface area contributed by atoms with E-state index in [4.69, 9.17) is 4.74 Å². The van der Waals surface area contributed by atoms with Crippen molar-refractivity contribution in [3.05, 3.63) is 0 Å². The van der Waals surface area contributed by atoms with Gasteiger partial charge >= 0.3 is 0 Å². The van der Waals surface area contributed by atoms with Gasteiger partial charge < -0.3 is 4.74 Å². The molecule has 1 saturated carbocycles. The largest absolute Gasteiger partial charge is 0.369 e. The van der Waals surface area contributed by atoms with Crippen LogP contribution in [0.3, 0.4) is 0 Å². The highest BCUT2D eigenvalue weighted by Gasteiger charge is 2.56. The van der Waals surface area contributed by atoms with E-state index < -0.39 is 0 Å². The highest BCUT2D eigenvalue weighted by molar-refractivity contribution is 5.04. The summed E-state index contributed by atoms with van der Waals surface area (Å²) in [6.45, 7) is 9.33. The molecule has 1 heterocycles. The standard InChI is InChI=1S/C11H20O/c1-7(2)8-5-6-11(3,4)10-9(8)12-10/h7-10H,5-6H2,1-4H3. The van der Waals surface area contributed by atoms with Crippen LogP contribution in [0.2, 0.25) is 0 Å². The molecule has 70 valence electrons. The molecule has 1 nitrogen and oxygen atoms in total. The van der Waals surface area contributed by atoms with Gasteiger partial charge in [0.2, 0.25) is 0 Å². The summed E-state index contributed by atoms with van der Waals surface area (Å²) in [5.41, 5.74) is 0.454. The van der Waals surface area contributed by atoms with Gasteiger partial charge in [0.25, 0.3) is 0 Å². The Morgan fingerprint density at radius 2 is 2.00 bits per heavy atom. The molecule has 0 aromatic rings. The molecule has 0 aromatic heterocycles. The second kappa shape index (κ2) is 2.47. The Morgan fingerprint density at radius 1 is 1.33 bits per heavy atom. The summed E-state index contributed by atoms with van der Waals surface area (Å²) >= 11 is 0. The van der Waals surface area contributed by atoms with Gasteiger partial charge in [0.05, 0.1) is 12.2 Å². The van der Waals surface area contributed by atoms with Crippen molar-refractivity contribution in [2.75, 3.05) is 0 Å². The Hall–Kier alpha value is -0.0400. The van der Waals surface area contributed by atoms with Crippen molar-refractivity contribution < 1.29 is 4.74 Å². The summed E-state index contributed by atoms with van der Waals surface area (Å²) < 4.78 is 5.77. The third-order valence-electron chi connectivity index (χ3n) is 3.70. The molecule has 1 aliphatic carbocycles. The molecule has 2 fully saturated rings. The monoisotopic (exact) mass is 168 g/mol. The topological polar surface area (TPSA) is 12.5 Å². The van der Waals surface area contributed by atoms with Gasteiger partial charge in [-0.05, 0) is 30.1 Å². The van der Waals surface area contributed by atoms with Crippen LogP contribution in [0.5, 0.6) is 0 Å². The molecule has 0 radical (unpaired) electrons. The van der Waals surface area contributed by atoms with Gasteiger partial charge in [0.1, 0.15) is 0 Å². The molecule has 1 heteroatoms. The zero-order valence-electron chi connectivity index (χ0n) is 8.63. The lowest BCUT2D eigenvalue weighted by Crippen LogP contribution is -2.32. The van der Waals surface area contributed by atoms with Crippen molar-refractivity contribution in [3.63, 3.8) is 0 Å². The predicted octanol–water partition coefficient (Wildman–Crippen LogP) is 2.85. The van der Waals surface area contributed by atoms with E-state index >= 15 is 0 Å². The van der Waals surface area contributed by atoms with Crippen molar-refractivity contribution in [1.29, 1.82) is 0 Å². The Bertz CT molecular complexity index is 183. The van der Waals surface area contributed by atoms with Crippen LogP contribution >= 0.6 is 0 Å². The van der Waals surface area contributed by atoms with Gasteiger partial charge in [-0.1, -0.05) is 27.7 Å². The Balaban J connectivity index is 2.03. The minimum absolute atomic E-state index is 0.454. The fraction of sp³-hybridized carbons (Fsp3) is 1.00. The lowest BCUT2D eigenvalue weighted by molar-refractivity contribution is 0.201. The Morgan fingerprint density at radius 3 is 2.58 bits per heavy atom. The number of ether oxygens (including phenoxy) is 1. The number of hydrogen-bond donors (Lipinski definition) is 0. The van der Waals surface area contributed by atoms with E-state index in [2.05, 4.69) is 27.7 Å². The maximum Gasteiger partial charge on any atom is 0.0895 e. The van der Waals surface area contributed by atoms with Gasteiger partial charge in [-0.15, -0.1) is 0 Å². The van der Waals surface area contributed by atoms with Gasteiger partial charge in [0, 0.05) is 0 Å². The van der Waals surface area contributed by atoms with E-state index in [1.807, 2.05) is 0 Å². The molecule has 0 aromatic carbocycles. The molecule has 0 N–H and O–H groups in total. The number of fused-ring (bicyclic) bond motifs is 1. The van der Waals surface area contributed by atoms with Crippen LogP contribution in [0.1, 0.15) is 40.5 Å². The van der Waals surface area contributed by atoms with E-state index in [-0.39, 0.29) is 0 Å². The summed E-state index contributed by atoms with van der Waals surface area (Å²) in [5.74, 6) is 1.64. The fourth-order valence-corrected chi connectivity index (χ4v) is 2.64. The first-order valence-corrected chi connectivity index (χ1v) is 5.18. The lowest BCUT2D eigenvalue weighted by atomic mass is 9.70. The summed E-state index contributed by atoms with van der Waals surface area (Å²) in [4.78, 5) is 0. The highest BCUT2D eigenvalue weighted by atomic mass is 16.6. The molecule has 2 aliphatic rings. The van der Waals surface area contributed by atoms with Gasteiger partial charge in [-0.3, -0.25) is 0 Å². The van der Waals surface area contributed by atoms with Gasteiger partial charge in [0.15, 0.2) is 0 Å². The van der Waals surface area contributed by atoms with E-state index in [1.54, 1.807) is 0 Å². The van der Waals surface area contributed by atoms with Crippen molar-refractivity contribution in [2.45, 2.75) is 52.7 Å². The summed E-state index contributed by atoms with van der Waals surface area (Å²) in [7, 11) is 0. The van der Waals surface area contributed by atoms with Crippen LogP contribution in [0.25, 0.3) is 0 Å². The quantitative estimate of drug-likeness (QED) is 0.548. The first-order valence-electron chi connectivity index (χ1n) is 5.18. The van der Waals surface area contributed by atoms with E-state index in [1.165, 1.54) is 12.8 Å². The van der Waals surface area contributed by atoms with Gasteiger partial charge in [-0.2, -0.15) is 0 Å². The van der Waals surface area contributed by atoms with Gasteiger partial charge in [-0.25, -0.2) is 0 Å². The SMILES string of the molecule is CC(C)C1CCC(C)(C)C2OC12. The summed E-state index contributed by atoms with van der Waals surface area (Å²) in [6, 6.07) is 0. The lowest BCUT2D eigenvalue weighted by Gasteiger charge is -2.32. The second-order valence-corrected chi connectivity index (χ2v) is 5.46. The van der Waals surface area contributed by atoms with E-state index in [0.29, 0.717) is 17.6 Å². The summed E-state index contributed by atoms with van der Waals surface area (Å²) in [6.07, 6.45) is 3.90. The molecule has 3 atom stereocenters. The normalized spacial score (nSPS) is 44.2. The first kappa shape index (κ1) is 8.55. The number of hydrogen-bond acceptors (Lipinski definition) is 1. The van der Waals surface area contributed by atoms with Crippen molar-refractivity contribution in [1.82, 2.24) is 0 Å². The summed E-state index contributed by atoms with van der Waals surface area (Å²) in [5, 5.41) is 0. The van der Waals surface area contributed by atoms with Crippen molar-refractivity contribution >= 4 is 0 Å². The maximum absolute atomic E-state index is 5.77. The van der Waals surface area contributed by atoms with Crippen molar-refractivity contribution in [3.8, 4) is 0 Å². The molecular weight excluding hydrogens is 148 g/mol. The molecule has 0 spiro atoms. The molecule has 12 heavy (non-hydrogen) atoms. The minimum Gasteiger partial charge on any atom is -0.369 e. The molecule has 0 bridgehead atoms. The van der Waals surface area contributed by atoms with Crippen molar-refractivity contribution in [2.24, 2.45) is 17.3 Å². The molecule has 2 rings (SSSR count). The van der Waals surface area contributed by atoms with Crippen LogP contribution in [-0.2, 0) is 4.74 Å². The zero-order chi connectivity index (χ0) is 8.93. The smallest absolute Gasteiger partial charge is 0.0895 e. The maximum atomic E-state index is 5.77. The molecular formula is C11H20O. The minimum atomic E-state index is 0.454. The fourth-order valence-electron chi connectivity index (χ4n) is 2.64. The first-order chi connectivity index (χ1) is 5.52. The number of rotatable bonds is 1. The van der Waals surface area contributed by atoms with E-state index in [0.717, 1.165) is 11.8 Å². The average molecular weight is 168 g/mol. The van der Waals surface area contributed by atoms with E-state index in [9.17, 15) is 0 Å². The third kappa shape index (κ3) is 1.19. The van der Waals surface area contributed by atoms with Crippen LogP contribution in [0.4, 0.5) is 0 Å². The molecule has 1 aliphatic heterocycles. The molecule has 1 saturated heterocycles. The Labute approximate surface area is 75.5 Å². The number of epoxide rings is 1. The average Bonchev–Trinajstić information content (AvgIpc) is 2.65. The molecule has 0 amide bonds. The molecule has 3 unspecified atom stereocenters. The van der Waals surface area contributed by atoms with Crippen LogP contribution in [0.15, 0.2) is 0 Å². The van der Waals surface area contributed by atoms with Crippen LogP contribution in [-0.4, -0.2) is 12.2 Å². The zero-order valence-corrected chi connectivity index (χ0v) is 8.63. The highest BCUT2D eigenvalue weighted by Crippen LogP contribution is 2.52. The third-order valence-corrected chi connectivity index (χ3v) is 3.70. The predicted molar refractivity (Wildman–Crippen MR) is 50.0 cm³/mol. The van der Waals surface area contributed by atoms with Crippen LogP contribution in [0, 0.1) is 17.3 Å². The Kier molecular flexibility index (Phi) is 1.76. The van der Waals surface area contributed by atoms with Crippen LogP contribution < -0.4 is 0 Å². The second-order valence-electron chi connectivity index (χ2n) is 5.46.